The molecule has 2 rings (SSSR count). The zero-order chi connectivity index (χ0) is 14.8. The SMILES string of the molecule is Cn1ccc(CNc2ccc(F)c(NS(C)(=O)=O)c2)c1. The number of halogens is 1. The molecule has 1 heterocycles. The average Bonchev–Trinajstić information content (AvgIpc) is 2.74. The van der Waals surface area contributed by atoms with Gasteiger partial charge in [-0.15, -0.1) is 0 Å². The molecule has 20 heavy (non-hydrogen) atoms. The van der Waals surface area contributed by atoms with Crippen LogP contribution in [0.3, 0.4) is 0 Å². The molecular formula is C13H16FN3O2S. The largest absolute Gasteiger partial charge is 0.381 e. The molecule has 7 heteroatoms. The van der Waals surface area contributed by atoms with E-state index in [0.717, 1.165) is 11.8 Å². The third-order valence-electron chi connectivity index (χ3n) is 2.65. The minimum atomic E-state index is -3.50. The second-order valence-electron chi connectivity index (χ2n) is 4.61. The maximum absolute atomic E-state index is 13.5. The van der Waals surface area contributed by atoms with Gasteiger partial charge in [-0.3, -0.25) is 4.72 Å². The van der Waals surface area contributed by atoms with Crippen molar-refractivity contribution in [1.82, 2.24) is 4.57 Å². The van der Waals surface area contributed by atoms with Gasteiger partial charge in [0.2, 0.25) is 10.0 Å². The molecule has 0 saturated carbocycles. The van der Waals surface area contributed by atoms with Gasteiger partial charge in [-0.1, -0.05) is 0 Å². The molecule has 0 saturated heterocycles. The van der Waals surface area contributed by atoms with Crippen LogP contribution in [0.25, 0.3) is 0 Å². The van der Waals surface area contributed by atoms with E-state index in [9.17, 15) is 12.8 Å². The van der Waals surface area contributed by atoms with E-state index in [4.69, 9.17) is 0 Å². The summed E-state index contributed by atoms with van der Waals surface area (Å²) >= 11 is 0. The lowest BCUT2D eigenvalue weighted by Gasteiger charge is -2.09. The molecule has 2 N–H and O–H groups in total. The number of aromatic nitrogens is 1. The van der Waals surface area contributed by atoms with E-state index >= 15 is 0 Å². The lowest BCUT2D eigenvalue weighted by atomic mass is 10.2. The van der Waals surface area contributed by atoms with Crippen LogP contribution in [0.5, 0.6) is 0 Å². The van der Waals surface area contributed by atoms with Crippen LogP contribution in [-0.4, -0.2) is 19.2 Å². The van der Waals surface area contributed by atoms with Gasteiger partial charge in [0.1, 0.15) is 5.82 Å². The van der Waals surface area contributed by atoms with Gasteiger partial charge >= 0.3 is 0 Å². The molecule has 0 atom stereocenters. The smallest absolute Gasteiger partial charge is 0.229 e. The monoisotopic (exact) mass is 297 g/mol. The van der Waals surface area contributed by atoms with E-state index in [1.807, 2.05) is 30.1 Å². The van der Waals surface area contributed by atoms with Crippen molar-refractivity contribution in [2.24, 2.45) is 7.05 Å². The molecule has 1 aromatic heterocycles. The van der Waals surface area contributed by atoms with Crippen LogP contribution in [0.2, 0.25) is 0 Å². The molecule has 0 radical (unpaired) electrons. The number of nitrogens with zero attached hydrogens (tertiary/aromatic N) is 1. The van der Waals surface area contributed by atoms with Crippen LogP contribution in [0.1, 0.15) is 5.56 Å². The highest BCUT2D eigenvalue weighted by molar-refractivity contribution is 7.92. The summed E-state index contributed by atoms with van der Waals surface area (Å²) in [6.45, 7) is 0.574. The Morgan fingerprint density at radius 3 is 2.65 bits per heavy atom. The molecular weight excluding hydrogens is 281 g/mol. The fourth-order valence-corrected chi connectivity index (χ4v) is 2.34. The van der Waals surface area contributed by atoms with Crippen molar-refractivity contribution >= 4 is 21.4 Å². The van der Waals surface area contributed by atoms with E-state index in [2.05, 4.69) is 10.0 Å². The number of sulfonamides is 1. The number of hydrogen-bond donors (Lipinski definition) is 2. The van der Waals surface area contributed by atoms with E-state index < -0.39 is 15.8 Å². The minimum absolute atomic E-state index is 0.0643. The summed E-state index contributed by atoms with van der Waals surface area (Å²) in [6, 6.07) is 6.18. The van der Waals surface area contributed by atoms with Crippen molar-refractivity contribution in [3.63, 3.8) is 0 Å². The van der Waals surface area contributed by atoms with Gasteiger partial charge < -0.3 is 9.88 Å². The molecule has 0 aliphatic heterocycles. The summed E-state index contributed by atoms with van der Waals surface area (Å²) in [5.41, 5.74) is 1.65. The Labute approximate surface area is 117 Å². The third-order valence-corrected chi connectivity index (χ3v) is 3.24. The highest BCUT2D eigenvalue weighted by atomic mass is 32.2. The quantitative estimate of drug-likeness (QED) is 0.889. The van der Waals surface area contributed by atoms with Gasteiger partial charge in [0.25, 0.3) is 0 Å². The number of benzene rings is 1. The Kier molecular flexibility index (Phi) is 3.99. The summed E-state index contributed by atoms with van der Waals surface area (Å²) in [5.74, 6) is -0.610. The van der Waals surface area contributed by atoms with Crippen molar-refractivity contribution < 1.29 is 12.8 Å². The normalized spacial score (nSPS) is 11.3. The highest BCUT2D eigenvalue weighted by Crippen LogP contribution is 2.21. The summed E-state index contributed by atoms with van der Waals surface area (Å²) < 4.78 is 39.9. The Morgan fingerprint density at radius 2 is 2.05 bits per heavy atom. The van der Waals surface area contributed by atoms with Crippen LogP contribution >= 0.6 is 0 Å². The number of anilines is 2. The maximum atomic E-state index is 13.5. The molecule has 108 valence electrons. The van der Waals surface area contributed by atoms with Crippen LogP contribution in [0, 0.1) is 5.82 Å². The van der Waals surface area contributed by atoms with Gasteiger partial charge in [0.05, 0.1) is 11.9 Å². The summed E-state index contributed by atoms with van der Waals surface area (Å²) in [7, 11) is -1.58. The lowest BCUT2D eigenvalue weighted by molar-refractivity contribution is 0.604. The Balaban J connectivity index is 2.11. The van der Waals surface area contributed by atoms with Crippen LogP contribution < -0.4 is 10.0 Å². The molecule has 0 spiro atoms. The Bertz CT molecular complexity index is 710. The Morgan fingerprint density at radius 1 is 1.30 bits per heavy atom. The molecule has 0 bridgehead atoms. The first kappa shape index (κ1) is 14.4. The van der Waals surface area contributed by atoms with Crippen molar-refractivity contribution in [2.45, 2.75) is 6.54 Å². The molecule has 0 unspecified atom stereocenters. The predicted molar refractivity (Wildman–Crippen MR) is 77.6 cm³/mol. The second-order valence-corrected chi connectivity index (χ2v) is 6.36. The summed E-state index contributed by atoms with van der Waals surface area (Å²) in [5, 5.41) is 3.11. The third kappa shape index (κ3) is 3.99. The number of aryl methyl sites for hydroxylation is 1. The predicted octanol–water partition coefficient (Wildman–Crippen LogP) is 2.15. The van der Waals surface area contributed by atoms with Crippen molar-refractivity contribution in [3.8, 4) is 0 Å². The highest BCUT2D eigenvalue weighted by Gasteiger charge is 2.08. The van der Waals surface area contributed by atoms with Crippen LogP contribution in [0.15, 0.2) is 36.7 Å². The topological polar surface area (TPSA) is 63.1 Å². The molecule has 0 amide bonds. The Hall–Kier alpha value is -2.02. The fraction of sp³-hybridized carbons (Fsp3) is 0.231. The van der Waals surface area contributed by atoms with Gasteiger partial charge in [0.15, 0.2) is 0 Å². The molecule has 0 aliphatic rings. The molecule has 5 nitrogen and oxygen atoms in total. The minimum Gasteiger partial charge on any atom is -0.381 e. The van der Waals surface area contributed by atoms with Crippen LogP contribution in [-0.2, 0) is 23.6 Å². The zero-order valence-electron chi connectivity index (χ0n) is 11.2. The van der Waals surface area contributed by atoms with Crippen molar-refractivity contribution in [1.29, 1.82) is 0 Å². The average molecular weight is 297 g/mol. The van der Waals surface area contributed by atoms with E-state index in [1.165, 1.54) is 12.1 Å². The lowest BCUT2D eigenvalue weighted by Crippen LogP contribution is -2.11. The first-order valence-corrected chi connectivity index (χ1v) is 7.85. The van der Waals surface area contributed by atoms with Gasteiger partial charge in [-0.2, -0.15) is 0 Å². The molecule has 2 aromatic rings. The molecule has 0 fully saturated rings. The first-order valence-electron chi connectivity index (χ1n) is 5.95. The number of rotatable bonds is 5. The summed E-state index contributed by atoms with van der Waals surface area (Å²) in [4.78, 5) is 0. The van der Waals surface area contributed by atoms with Gasteiger partial charge in [-0.05, 0) is 29.8 Å². The first-order chi connectivity index (χ1) is 9.33. The molecule has 0 aliphatic carbocycles. The second kappa shape index (κ2) is 5.54. The standard InChI is InChI=1S/C13H16FN3O2S/c1-17-6-5-10(9-17)8-15-11-3-4-12(14)13(7-11)16-20(2,18)19/h3-7,9,15-16H,8H2,1-2H3. The van der Waals surface area contributed by atoms with E-state index in [1.54, 1.807) is 6.07 Å². The van der Waals surface area contributed by atoms with E-state index in [0.29, 0.717) is 12.2 Å². The maximum Gasteiger partial charge on any atom is 0.229 e. The number of nitrogens with one attached hydrogen (secondary N) is 2. The van der Waals surface area contributed by atoms with Crippen LogP contribution in [0.4, 0.5) is 15.8 Å². The zero-order valence-corrected chi connectivity index (χ0v) is 12.0. The molecule has 1 aromatic carbocycles. The van der Waals surface area contributed by atoms with Crippen molar-refractivity contribution in [3.05, 3.63) is 48.0 Å². The van der Waals surface area contributed by atoms with Gasteiger partial charge in [0, 0.05) is 31.7 Å². The van der Waals surface area contributed by atoms with Crippen molar-refractivity contribution in [2.75, 3.05) is 16.3 Å². The fourth-order valence-electron chi connectivity index (χ4n) is 1.78. The summed E-state index contributed by atoms with van der Waals surface area (Å²) in [6.07, 6.45) is 4.88. The van der Waals surface area contributed by atoms with E-state index in [-0.39, 0.29) is 5.69 Å². The van der Waals surface area contributed by atoms with Gasteiger partial charge in [-0.25, -0.2) is 12.8 Å². The number of hydrogen-bond acceptors (Lipinski definition) is 3.